The molecule has 0 heterocycles. The summed E-state index contributed by atoms with van der Waals surface area (Å²) in [5.41, 5.74) is 1.88. The molecule has 0 unspecified atom stereocenters. The Hall–Kier alpha value is -2.50. The number of aromatic hydroxyl groups is 1. The lowest BCUT2D eigenvalue weighted by Gasteiger charge is -2.28. The molecule has 1 aromatic carbocycles. The number of ketones is 1. The van der Waals surface area contributed by atoms with Gasteiger partial charge < -0.3 is 20.6 Å². The van der Waals surface area contributed by atoms with E-state index in [0.29, 0.717) is 23.8 Å². The largest absolute Gasteiger partial charge is 0.505 e. The molecule has 24 heavy (non-hydrogen) atoms. The van der Waals surface area contributed by atoms with Gasteiger partial charge in [-0.3, -0.25) is 9.59 Å². The molecule has 0 saturated heterocycles. The molecular formula is C18H25N3O3. The number of hydrogen-bond acceptors (Lipinski definition) is 5. The van der Waals surface area contributed by atoms with E-state index in [1.54, 1.807) is 32.3 Å². The molecule has 0 fully saturated rings. The predicted octanol–water partition coefficient (Wildman–Crippen LogP) is 2.47. The highest BCUT2D eigenvalue weighted by atomic mass is 16.3. The van der Waals surface area contributed by atoms with Crippen molar-refractivity contribution in [2.24, 2.45) is 0 Å². The van der Waals surface area contributed by atoms with Crippen molar-refractivity contribution in [3.63, 3.8) is 0 Å². The highest BCUT2D eigenvalue weighted by Gasteiger charge is 2.29. The van der Waals surface area contributed by atoms with Gasteiger partial charge in [0, 0.05) is 25.8 Å². The van der Waals surface area contributed by atoms with Crippen molar-refractivity contribution in [2.45, 2.75) is 39.2 Å². The van der Waals surface area contributed by atoms with Crippen LogP contribution < -0.4 is 10.6 Å². The van der Waals surface area contributed by atoms with Crippen molar-refractivity contribution >= 4 is 17.4 Å². The quantitative estimate of drug-likeness (QED) is 0.669. The Morgan fingerprint density at radius 1 is 1.29 bits per heavy atom. The van der Waals surface area contributed by atoms with Crippen LogP contribution in [0.25, 0.3) is 0 Å². The first kappa shape index (κ1) is 17.8. The van der Waals surface area contributed by atoms with Crippen LogP contribution in [0, 0.1) is 0 Å². The summed E-state index contributed by atoms with van der Waals surface area (Å²) in [5.74, 6) is -0.446. The van der Waals surface area contributed by atoms with Gasteiger partial charge in [0.05, 0.1) is 17.7 Å². The van der Waals surface area contributed by atoms with Crippen LogP contribution in [0.2, 0.25) is 0 Å². The van der Waals surface area contributed by atoms with Crippen molar-refractivity contribution in [1.82, 2.24) is 10.2 Å². The van der Waals surface area contributed by atoms with Crippen molar-refractivity contribution in [1.29, 1.82) is 0 Å². The van der Waals surface area contributed by atoms with Crippen molar-refractivity contribution < 1.29 is 14.7 Å². The van der Waals surface area contributed by atoms with Crippen LogP contribution in [-0.4, -0.2) is 41.8 Å². The van der Waals surface area contributed by atoms with E-state index in [9.17, 15) is 14.7 Å². The van der Waals surface area contributed by atoms with Gasteiger partial charge in [0.25, 0.3) is 5.91 Å². The minimum absolute atomic E-state index is 0.00723. The summed E-state index contributed by atoms with van der Waals surface area (Å²) < 4.78 is 0. The monoisotopic (exact) mass is 331 g/mol. The fourth-order valence-electron chi connectivity index (χ4n) is 2.60. The number of hydrogen-bond donors (Lipinski definition) is 3. The molecule has 1 aliphatic rings. The average molecular weight is 331 g/mol. The predicted molar refractivity (Wildman–Crippen MR) is 93.9 cm³/mol. The summed E-state index contributed by atoms with van der Waals surface area (Å²) in [4.78, 5) is 25.4. The molecule has 6 nitrogen and oxygen atoms in total. The molecule has 6 heteroatoms. The second-order valence-corrected chi connectivity index (χ2v) is 6.14. The van der Waals surface area contributed by atoms with Gasteiger partial charge in [-0.1, -0.05) is 19.9 Å². The number of benzene rings is 1. The van der Waals surface area contributed by atoms with Gasteiger partial charge in [-0.2, -0.15) is 0 Å². The molecule has 0 atom stereocenters. The molecule has 3 N–H and O–H groups in total. The van der Waals surface area contributed by atoms with Crippen molar-refractivity contribution in [2.75, 3.05) is 19.4 Å². The topological polar surface area (TPSA) is 81.7 Å². The number of para-hydroxylation sites is 1. The van der Waals surface area contributed by atoms with E-state index in [-0.39, 0.29) is 23.0 Å². The molecule has 0 bridgehead atoms. The lowest BCUT2D eigenvalue weighted by atomic mass is 9.96. The Bertz CT molecular complexity index is 676. The smallest absolute Gasteiger partial charge is 0.257 e. The first-order chi connectivity index (χ1) is 11.4. The number of rotatable bonds is 7. The lowest BCUT2D eigenvalue weighted by molar-refractivity contribution is -0.116. The van der Waals surface area contributed by atoms with E-state index in [0.717, 1.165) is 18.5 Å². The lowest BCUT2D eigenvalue weighted by Crippen LogP contribution is -2.37. The Morgan fingerprint density at radius 3 is 2.50 bits per heavy atom. The van der Waals surface area contributed by atoms with E-state index in [2.05, 4.69) is 24.5 Å². The van der Waals surface area contributed by atoms with Crippen molar-refractivity contribution in [3.05, 3.63) is 35.2 Å². The summed E-state index contributed by atoms with van der Waals surface area (Å²) in [5, 5.41) is 16.7. The Labute approximate surface area is 142 Å². The van der Waals surface area contributed by atoms with Crippen LogP contribution in [0.3, 0.4) is 0 Å². The number of anilines is 1. The molecule has 2 rings (SSSR count). The minimum atomic E-state index is -0.291. The molecule has 0 radical (unpaired) electrons. The zero-order valence-electron chi connectivity index (χ0n) is 14.6. The first-order valence-corrected chi connectivity index (χ1v) is 8.22. The Morgan fingerprint density at radius 2 is 1.96 bits per heavy atom. The number of amides is 1. The van der Waals surface area contributed by atoms with Crippen LogP contribution >= 0.6 is 0 Å². The third-order valence-electron chi connectivity index (χ3n) is 4.21. The maximum absolute atomic E-state index is 12.1. The van der Waals surface area contributed by atoms with Gasteiger partial charge in [-0.05, 0) is 25.0 Å². The molecule has 0 aromatic heterocycles. The molecule has 0 aliphatic heterocycles. The van der Waals surface area contributed by atoms with Crippen LogP contribution in [0.15, 0.2) is 29.6 Å². The fraction of sp³-hybridized carbons (Fsp3) is 0.444. The van der Waals surface area contributed by atoms with E-state index >= 15 is 0 Å². The van der Waals surface area contributed by atoms with Gasteiger partial charge in [0.2, 0.25) is 0 Å². The maximum Gasteiger partial charge on any atom is 0.257 e. The highest BCUT2D eigenvalue weighted by Crippen LogP contribution is 2.32. The standard InChI is InChI=1S/C18H25N3O3/c1-5-11(6-2)19-14-10-15(22)16(14)20-13-9-7-8-12(17(13)23)18(24)21(3)4/h7-9,11,19-20,23H,5-6,10H2,1-4H3. The van der Waals surface area contributed by atoms with Gasteiger partial charge in [0.15, 0.2) is 11.5 Å². The number of Topliss-reactive ketones (excluding diaryl/α,β-unsaturated/α-hetero) is 1. The second-order valence-electron chi connectivity index (χ2n) is 6.14. The van der Waals surface area contributed by atoms with E-state index < -0.39 is 0 Å². The summed E-state index contributed by atoms with van der Waals surface area (Å²) in [6, 6.07) is 5.20. The first-order valence-electron chi connectivity index (χ1n) is 8.22. The third-order valence-corrected chi connectivity index (χ3v) is 4.21. The molecule has 1 aliphatic carbocycles. The van der Waals surface area contributed by atoms with E-state index in [1.807, 2.05) is 0 Å². The average Bonchev–Trinajstić information content (AvgIpc) is 2.56. The third kappa shape index (κ3) is 3.53. The molecular weight excluding hydrogens is 306 g/mol. The number of carbonyl (C=O) groups excluding carboxylic acids is 2. The number of phenols is 1. The molecule has 0 spiro atoms. The zero-order valence-corrected chi connectivity index (χ0v) is 14.6. The normalized spacial score (nSPS) is 13.8. The minimum Gasteiger partial charge on any atom is -0.505 e. The molecule has 130 valence electrons. The van der Waals surface area contributed by atoms with Crippen LogP contribution in [-0.2, 0) is 4.79 Å². The van der Waals surface area contributed by atoms with Gasteiger partial charge in [-0.15, -0.1) is 0 Å². The molecule has 1 amide bonds. The highest BCUT2D eigenvalue weighted by molar-refractivity contribution is 6.07. The van der Waals surface area contributed by atoms with E-state index in [1.165, 1.54) is 4.90 Å². The second kappa shape index (κ2) is 7.38. The number of phenolic OH excluding ortho intramolecular Hbond substituents is 1. The van der Waals surface area contributed by atoms with Crippen LogP contribution in [0.1, 0.15) is 43.5 Å². The molecule has 1 aromatic rings. The summed E-state index contributed by atoms with van der Waals surface area (Å²) in [6.07, 6.45) is 2.31. The van der Waals surface area contributed by atoms with Gasteiger partial charge in [-0.25, -0.2) is 0 Å². The van der Waals surface area contributed by atoms with Crippen molar-refractivity contribution in [3.8, 4) is 5.75 Å². The maximum atomic E-state index is 12.1. The van der Waals surface area contributed by atoms with Crippen LogP contribution in [0.4, 0.5) is 5.69 Å². The number of allylic oxidation sites excluding steroid dienone is 2. The SMILES string of the molecule is CCC(CC)NC1=C(Nc2cccc(C(=O)N(C)C)c2O)C(=O)C1. The summed E-state index contributed by atoms with van der Waals surface area (Å²) in [6.45, 7) is 4.19. The van der Waals surface area contributed by atoms with Crippen LogP contribution in [0.5, 0.6) is 5.75 Å². The number of carbonyl (C=O) groups is 2. The van der Waals surface area contributed by atoms with Gasteiger partial charge in [0.1, 0.15) is 5.70 Å². The number of nitrogens with one attached hydrogen (secondary N) is 2. The Kier molecular flexibility index (Phi) is 5.49. The summed E-state index contributed by atoms with van der Waals surface area (Å²) >= 11 is 0. The summed E-state index contributed by atoms with van der Waals surface area (Å²) in [7, 11) is 3.25. The number of nitrogens with zero attached hydrogens (tertiary/aromatic N) is 1. The van der Waals surface area contributed by atoms with E-state index in [4.69, 9.17) is 0 Å². The Balaban J connectivity index is 2.25. The van der Waals surface area contributed by atoms with Gasteiger partial charge >= 0.3 is 0 Å². The zero-order chi connectivity index (χ0) is 17.9. The molecule has 0 saturated carbocycles. The fourth-order valence-corrected chi connectivity index (χ4v) is 2.60.